The lowest BCUT2D eigenvalue weighted by molar-refractivity contribution is 0.0690. The number of nitrogens with zero attached hydrogens (tertiary/aromatic N) is 1. The normalized spacial score (nSPS) is 10.4. The van der Waals surface area contributed by atoms with E-state index in [9.17, 15) is 9.18 Å². The molecule has 0 aliphatic rings. The molecular weight excluding hydrogens is 267 g/mol. The Bertz CT molecular complexity index is 619. The molecule has 6 heteroatoms. The fourth-order valence-electron chi connectivity index (χ4n) is 1.46. The number of carboxylic acids is 1. The summed E-state index contributed by atoms with van der Waals surface area (Å²) in [5.74, 6) is -1.00. The minimum absolute atomic E-state index is 0.00897. The highest BCUT2D eigenvalue weighted by atomic mass is 32.2. The standard InChI is InChI=1S/C13H11FN2O2S/c14-8-4-5-10(15)12(6-8)19-7-9-2-1-3-11(16-9)13(17)18/h1-6H,7,15H2,(H,17,18). The summed E-state index contributed by atoms with van der Waals surface area (Å²) in [6.07, 6.45) is 0. The predicted octanol–water partition coefficient (Wildman–Crippen LogP) is 2.79. The number of carbonyl (C=O) groups is 1. The van der Waals surface area contributed by atoms with Crippen LogP contribution in [0.3, 0.4) is 0 Å². The Morgan fingerprint density at radius 1 is 1.37 bits per heavy atom. The van der Waals surface area contributed by atoms with Crippen LogP contribution >= 0.6 is 11.8 Å². The number of hydrogen-bond acceptors (Lipinski definition) is 4. The summed E-state index contributed by atoms with van der Waals surface area (Å²) in [7, 11) is 0. The number of benzene rings is 1. The van der Waals surface area contributed by atoms with Crippen molar-refractivity contribution in [3.8, 4) is 0 Å². The molecule has 0 fully saturated rings. The molecule has 0 aliphatic heterocycles. The first-order chi connectivity index (χ1) is 9.06. The van der Waals surface area contributed by atoms with Crippen molar-refractivity contribution in [3.63, 3.8) is 0 Å². The molecule has 0 saturated carbocycles. The van der Waals surface area contributed by atoms with Crippen LogP contribution < -0.4 is 5.73 Å². The third-order valence-electron chi connectivity index (χ3n) is 2.38. The number of hydrogen-bond donors (Lipinski definition) is 2. The smallest absolute Gasteiger partial charge is 0.354 e. The van der Waals surface area contributed by atoms with Gasteiger partial charge in [-0.1, -0.05) is 6.07 Å². The highest BCUT2D eigenvalue weighted by molar-refractivity contribution is 7.98. The molecule has 0 bridgehead atoms. The molecule has 2 rings (SSSR count). The quantitative estimate of drug-likeness (QED) is 0.664. The highest BCUT2D eigenvalue weighted by Gasteiger charge is 2.07. The van der Waals surface area contributed by atoms with E-state index in [1.807, 2.05) is 0 Å². The van der Waals surface area contributed by atoms with E-state index in [1.54, 1.807) is 12.1 Å². The Balaban J connectivity index is 2.12. The van der Waals surface area contributed by atoms with E-state index >= 15 is 0 Å². The van der Waals surface area contributed by atoms with E-state index in [0.29, 0.717) is 22.0 Å². The number of anilines is 1. The van der Waals surface area contributed by atoms with Gasteiger partial charge >= 0.3 is 5.97 Å². The van der Waals surface area contributed by atoms with Gasteiger partial charge in [0.2, 0.25) is 0 Å². The third kappa shape index (κ3) is 3.45. The van der Waals surface area contributed by atoms with E-state index in [2.05, 4.69) is 4.98 Å². The predicted molar refractivity (Wildman–Crippen MR) is 71.6 cm³/mol. The molecule has 0 atom stereocenters. The van der Waals surface area contributed by atoms with Gasteiger partial charge in [-0.15, -0.1) is 11.8 Å². The molecular formula is C13H11FN2O2S. The summed E-state index contributed by atoms with van der Waals surface area (Å²) in [6.45, 7) is 0. The molecule has 0 aliphatic carbocycles. The van der Waals surface area contributed by atoms with Gasteiger partial charge < -0.3 is 10.8 Å². The van der Waals surface area contributed by atoms with Gasteiger partial charge in [0.1, 0.15) is 11.5 Å². The van der Waals surface area contributed by atoms with E-state index < -0.39 is 5.97 Å². The van der Waals surface area contributed by atoms with E-state index in [-0.39, 0.29) is 11.5 Å². The van der Waals surface area contributed by atoms with Gasteiger partial charge in [-0.3, -0.25) is 0 Å². The van der Waals surface area contributed by atoms with Crippen LogP contribution in [-0.2, 0) is 5.75 Å². The lowest BCUT2D eigenvalue weighted by atomic mass is 10.3. The first kappa shape index (κ1) is 13.4. The Morgan fingerprint density at radius 3 is 2.89 bits per heavy atom. The molecule has 0 saturated heterocycles. The molecule has 0 radical (unpaired) electrons. The van der Waals surface area contributed by atoms with Crippen LogP contribution in [0.1, 0.15) is 16.2 Å². The van der Waals surface area contributed by atoms with E-state index in [0.717, 1.165) is 0 Å². The number of rotatable bonds is 4. The lowest BCUT2D eigenvalue weighted by Gasteiger charge is -2.05. The van der Waals surface area contributed by atoms with Crippen LogP contribution in [0.2, 0.25) is 0 Å². The molecule has 0 spiro atoms. The van der Waals surface area contributed by atoms with Crippen molar-refractivity contribution in [1.82, 2.24) is 4.98 Å². The van der Waals surface area contributed by atoms with Gasteiger partial charge in [-0.25, -0.2) is 14.2 Å². The Hall–Kier alpha value is -2.08. The molecule has 1 aromatic carbocycles. The molecule has 19 heavy (non-hydrogen) atoms. The lowest BCUT2D eigenvalue weighted by Crippen LogP contribution is -2.01. The van der Waals surface area contributed by atoms with Crippen LogP contribution in [0.5, 0.6) is 0 Å². The largest absolute Gasteiger partial charge is 0.477 e. The van der Waals surface area contributed by atoms with Gasteiger partial charge in [0.15, 0.2) is 0 Å². The fourth-order valence-corrected chi connectivity index (χ4v) is 2.36. The van der Waals surface area contributed by atoms with Crippen molar-refractivity contribution < 1.29 is 14.3 Å². The second kappa shape index (κ2) is 5.71. The Labute approximate surface area is 113 Å². The van der Waals surface area contributed by atoms with Crippen molar-refractivity contribution in [2.45, 2.75) is 10.6 Å². The summed E-state index contributed by atoms with van der Waals surface area (Å²) in [5.41, 5.74) is 6.81. The maximum absolute atomic E-state index is 13.1. The van der Waals surface area contributed by atoms with Gasteiger partial charge in [-0.05, 0) is 30.3 Å². The summed E-state index contributed by atoms with van der Waals surface area (Å²) in [4.78, 5) is 15.4. The van der Waals surface area contributed by atoms with Gasteiger partial charge in [0.25, 0.3) is 0 Å². The zero-order valence-corrected chi connectivity index (χ0v) is 10.7. The number of aromatic carboxylic acids is 1. The number of aromatic nitrogens is 1. The number of nitrogen functional groups attached to an aromatic ring is 1. The number of carboxylic acid groups (broad SMARTS) is 1. The van der Waals surface area contributed by atoms with Crippen molar-refractivity contribution in [2.24, 2.45) is 0 Å². The summed E-state index contributed by atoms with van der Waals surface area (Å²) >= 11 is 1.31. The zero-order chi connectivity index (χ0) is 13.8. The summed E-state index contributed by atoms with van der Waals surface area (Å²) in [6, 6.07) is 8.91. The van der Waals surface area contributed by atoms with Crippen molar-refractivity contribution in [1.29, 1.82) is 0 Å². The average Bonchev–Trinajstić information content (AvgIpc) is 2.40. The minimum atomic E-state index is -1.07. The van der Waals surface area contributed by atoms with Crippen LogP contribution in [0.4, 0.5) is 10.1 Å². The number of thioether (sulfide) groups is 1. The monoisotopic (exact) mass is 278 g/mol. The van der Waals surface area contributed by atoms with Crippen molar-refractivity contribution in [3.05, 3.63) is 53.6 Å². The Morgan fingerprint density at radius 2 is 2.16 bits per heavy atom. The highest BCUT2D eigenvalue weighted by Crippen LogP contribution is 2.28. The molecule has 1 aromatic heterocycles. The SMILES string of the molecule is Nc1ccc(F)cc1SCc1cccc(C(=O)O)n1. The molecule has 98 valence electrons. The van der Waals surface area contributed by atoms with Crippen LogP contribution in [0, 0.1) is 5.82 Å². The average molecular weight is 278 g/mol. The summed E-state index contributed by atoms with van der Waals surface area (Å²) < 4.78 is 13.1. The number of nitrogens with two attached hydrogens (primary N) is 1. The summed E-state index contributed by atoms with van der Waals surface area (Å²) in [5, 5.41) is 8.84. The van der Waals surface area contributed by atoms with E-state index in [1.165, 1.54) is 36.0 Å². The van der Waals surface area contributed by atoms with Crippen LogP contribution in [-0.4, -0.2) is 16.1 Å². The molecule has 4 nitrogen and oxygen atoms in total. The molecule has 0 unspecified atom stereocenters. The van der Waals surface area contributed by atoms with E-state index in [4.69, 9.17) is 10.8 Å². The van der Waals surface area contributed by atoms with Gasteiger partial charge in [0, 0.05) is 16.3 Å². The van der Waals surface area contributed by atoms with Crippen molar-refractivity contribution >= 4 is 23.4 Å². The third-order valence-corrected chi connectivity index (χ3v) is 3.48. The van der Waals surface area contributed by atoms with Gasteiger partial charge in [0.05, 0.1) is 5.69 Å². The molecule has 0 amide bonds. The van der Waals surface area contributed by atoms with Crippen LogP contribution in [0.15, 0.2) is 41.3 Å². The number of pyridine rings is 1. The first-order valence-corrected chi connectivity index (χ1v) is 6.42. The van der Waals surface area contributed by atoms with Gasteiger partial charge in [-0.2, -0.15) is 0 Å². The van der Waals surface area contributed by atoms with Crippen molar-refractivity contribution in [2.75, 3.05) is 5.73 Å². The topological polar surface area (TPSA) is 76.2 Å². The maximum Gasteiger partial charge on any atom is 0.354 e. The number of halogens is 1. The first-order valence-electron chi connectivity index (χ1n) is 5.43. The molecule has 1 heterocycles. The second-order valence-electron chi connectivity index (χ2n) is 3.79. The van der Waals surface area contributed by atoms with Crippen LogP contribution in [0.25, 0.3) is 0 Å². The maximum atomic E-state index is 13.1. The molecule has 2 aromatic rings. The fraction of sp³-hybridized carbons (Fsp3) is 0.0769. The zero-order valence-electron chi connectivity index (χ0n) is 9.84. The minimum Gasteiger partial charge on any atom is -0.477 e. The second-order valence-corrected chi connectivity index (χ2v) is 4.81. The molecule has 3 N–H and O–H groups in total. The Kier molecular flexibility index (Phi) is 4.01.